The molecule has 0 spiro atoms. The molecular formula is C25H30N6O. The van der Waals surface area contributed by atoms with E-state index in [4.69, 9.17) is 0 Å². The number of aryl methyl sites for hydroxylation is 2. The van der Waals surface area contributed by atoms with Crippen molar-refractivity contribution in [2.24, 2.45) is 17.3 Å². The van der Waals surface area contributed by atoms with Crippen LogP contribution in [0.25, 0.3) is 11.1 Å². The summed E-state index contributed by atoms with van der Waals surface area (Å²) in [6.07, 6.45) is 5.16. The zero-order valence-electron chi connectivity index (χ0n) is 19.6. The number of rotatable bonds is 3. The van der Waals surface area contributed by atoms with Crippen molar-refractivity contribution < 1.29 is 4.79 Å². The Bertz CT molecular complexity index is 1220. The lowest BCUT2D eigenvalue weighted by Gasteiger charge is -2.51. The van der Waals surface area contributed by atoms with Crippen LogP contribution in [-0.2, 0) is 17.3 Å². The first-order valence-corrected chi connectivity index (χ1v) is 11.2. The fourth-order valence-corrected chi connectivity index (χ4v) is 5.56. The van der Waals surface area contributed by atoms with Crippen molar-refractivity contribution >= 4 is 5.91 Å². The average Bonchev–Trinajstić information content (AvgIpc) is 3.36. The summed E-state index contributed by atoms with van der Waals surface area (Å²) in [4.78, 5) is 15.7. The Kier molecular flexibility index (Phi) is 4.45. The minimum atomic E-state index is -0.581. The Morgan fingerprint density at radius 3 is 2.72 bits per heavy atom. The Labute approximate surface area is 188 Å². The highest BCUT2D eigenvalue weighted by Gasteiger charge is 2.54. The quantitative estimate of drug-likeness (QED) is 0.792. The van der Waals surface area contributed by atoms with Crippen LogP contribution in [-0.4, -0.2) is 39.3 Å². The van der Waals surface area contributed by atoms with Crippen LogP contribution >= 0.6 is 0 Å². The second-order valence-electron chi connectivity index (χ2n) is 9.71. The maximum Gasteiger partial charge on any atom is 0.252 e. The summed E-state index contributed by atoms with van der Waals surface area (Å²) < 4.78 is 1.84. The van der Waals surface area contributed by atoms with E-state index >= 15 is 0 Å². The molecule has 1 amide bonds. The van der Waals surface area contributed by atoms with Crippen LogP contribution in [0.1, 0.15) is 44.9 Å². The van der Waals surface area contributed by atoms with Gasteiger partial charge >= 0.3 is 0 Å². The van der Waals surface area contributed by atoms with Gasteiger partial charge < -0.3 is 10.2 Å². The number of aromatic nitrogens is 2. The van der Waals surface area contributed by atoms with E-state index in [9.17, 15) is 4.79 Å². The van der Waals surface area contributed by atoms with E-state index in [1.807, 2.05) is 43.0 Å². The van der Waals surface area contributed by atoms with Crippen molar-refractivity contribution in [3.63, 3.8) is 0 Å². The first-order chi connectivity index (χ1) is 15.2. The van der Waals surface area contributed by atoms with Crippen LogP contribution < -0.4 is 5.32 Å². The predicted octanol–water partition coefficient (Wildman–Crippen LogP) is 4.22. The van der Waals surface area contributed by atoms with E-state index in [-0.39, 0.29) is 17.6 Å². The summed E-state index contributed by atoms with van der Waals surface area (Å²) in [5, 5.41) is 16.8. The molecule has 4 heterocycles. The third-order valence-corrected chi connectivity index (χ3v) is 7.45. The molecule has 0 fully saturated rings. The van der Waals surface area contributed by atoms with Crippen LogP contribution in [0, 0.1) is 6.92 Å². The van der Waals surface area contributed by atoms with Gasteiger partial charge in [0.1, 0.15) is 0 Å². The first kappa shape index (κ1) is 20.7. The molecule has 7 nitrogen and oxygen atoms in total. The third kappa shape index (κ3) is 2.73. The van der Waals surface area contributed by atoms with Crippen molar-refractivity contribution in [3.8, 4) is 11.1 Å². The summed E-state index contributed by atoms with van der Waals surface area (Å²) in [5.41, 5.74) is 6.29. The molecule has 32 heavy (non-hydrogen) atoms. The summed E-state index contributed by atoms with van der Waals surface area (Å²) in [6.45, 7) is 8.40. The molecule has 7 heteroatoms. The van der Waals surface area contributed by atoms with Gasteiger partial charge in [0.25, 0.3) is 5.91 Å². The van der Waals surface area contributed by atoms with Gasteiger partial charge in [-0.3, -0.25) is 9.48 Å². The van der Waals surface area contributed by atoms with Crippen LogP contribution in [0.2, 0.25) is 0 Å². The largest absolute Gasteiger partial charge is 0.362 e. The van der Waals surface area contributed by atoms with E-state index in [2.05, 4.69) is 65.7 Å². The van der Waals surface area contributed by atoms with E-state index in [1.165, 1.54) is 0 Å². The SMILES string of the molecule is CC[C@]1(c2cccc(-c3cn(C)nc3C)c2)C2=CN=NC2NC2=C1C(=O)N(C)C(C)(C)C2. The van der Waals surface area contributed by atoms with E-state index in [0.29, 0.717) is 0 Å². The van der Waals surface area contributed by atoms with Crippen molar-refractivity contribution in [1.82, 2.24) is 20.0 Å². The summed E-state index contributed by atoms with van der Waals surface area (Å²) in [7, 11) is 3.85. The molecule has 3 aliphatic rings. The standard InChI is InChI=1S/C25H30N6O/c1-7-25(17-10-8-9-16(11-17)18-14-30(5)29-15(18)2)19-13-26-28-22(19)27-20-12-24(3,4)31(6)23(32)21(20)25/h8-11,13-14,22,27H,7,12H2,1-6H3/t22?,25-/m0/s1. The molecule has 1 aromatic carbocycles. The smallest absolute Gasteiger partial charge is 0.252 e. The molecule has 0 saturated carbocycles. The Morgan fingerprint density at radius 1 is 1.25 bits per heavy atom. The normalized spacial score (nSPS) is 26.1. The fraction of sp³-hybridized carbons (Fsp3) is 0.440. The molecule has 0 aliphatic carbocycles. The average molecular weight is 431 g/mol. The highest BCUT2D eigenvalue weighted by atomic mass is 16.2. The van der Waals surface area contributed by atoms with Gasteiger partial charge in [0.15, 0.2) is 6.17 Å². The Hall–Kier alpha value is -3.22. The van der Waals surface area contributed by atoms with Crippen LogP contribution in [0.4, 0.5) is 0 Å². The highest BCUT2D eigenvalue weighted by Crippen LogP contribution is 2.52. The number of nitrogens with zero attached hydrogens (tertiary/aromatic N) is 5. The number of hydrogen-bond donors (Lipinski definition) is 1. The zero-order valence-corrected chi connectivity index (χ0v) is 19.6. The number of azo groups is 1. The maximum atomic E-state index is 13.9. The van der Waals surface area contributed by atoms with E-state index < -0.39 is 5.41 Å². The fourth-order valence-electron chi connectivity index (χ4n) is 5.56. The molecule has 1 aromatic heterocycles. The van der Waals surface area contributed by atoms with Gasteiger partial charge in [-0.15, -0.1) is 0 Å². The van der Waals surface area contributed by atoms with Crippen LogP contribution in [0.3, 0.4) is 0 Å². The zero-order chi connectivity index (χ0) is 22.8. The van der Waals surface area contributed by atoms with Crippen LogP contribution in [0.5, 0.6) is 0 Å². The number of likely N-dealkylation sites (N-methyl/N-ethyl adjacent to an activating group) is 1. The Morgan fingerprint density at radius 2 is 2.03 bits per heavy atom. The molecule has 1 N–H and O–H groups in total. The lowest BCUT2D eigenvalue weighted by molar-refractivity contribution is -0.132. The van der Waals surface area contributed by atoms with Gasteiger partial charge in [0.2, 0.25) is 0 Å². The molecule has 0 saturated heterocycles. The predicted molar refractivity (Wildman–Crippen MR) is 124 cm³/mol. The number of amides is 1. The first-order valence-electron chi connectivity index (χ1n) is 11.2. The molecule has 2 atom stereocenters. The van der Waals surface area contributed by atoms with Gasteiger partial charge in [-0.1, -0.05) is 25.1 Å². The third-order valence-electron chi connectivity index (χ3n) is 7.45. The van der Waals surface area contributed by atoms with Gasteiger partial charge in [0, 0.05) is 49.1 Å². The van der Waals surface area contributed by atoms with Gasteiger partial charge in [-0.2, -0.15) is 15.3 Å². The lowest BCUT2D eigenvalue weighted by Crippen LogP contribution is -2.58. The van der Waals surface area contributed by atoms with Gasteiger partial charge in [-0.25, -0.2) is 0 Å². The highest BCUT2D eigenvalue weighted by molar-refractivity contribution is 6.00. The molecule has 0 radical (unpaired) electrons. The number of carbonyl (C=O) groups is 1. The van der Waals surface area contributed by atoms with E-state index in [0.717, 1.165) is 52.1 Å². The molecular weight excluding hydrogens is 400 g/mol. The number of fused-ring (bicyclic) bond motifs is 1. The molecule has 0 bridgehead atoms. The van der Waals surface area contributed by atoms with Gasteiger partial charge in [-0.05, 0) is 44.4 Å². The number of carbonyl (C=O) groups excluding carboxylic acids is 1. The summed E-state index contributed by atoms with van der Waals surface area (Å²) in [6, 6.07) is 8.54. The summed E-state index contributed by atoms with van der Waals surface area (Å²) >= 11 is 0. The molecule has 2 aromatic rings. The lowest BCUT2D eigenvalue weighted by atomic mass is 9.61. The monoisotopic (exact) mass is 430 g/mol. The minimum absolute atomic E-state index is 0.0693. The number of hydrogen-bond acceptors (Lipinski definition) is 5. The molecule has 5 rings (SSSR count). The molecule has 1 unspecified atom stereocenters. The van der Waals surface area contributed by atoms with Crippen molar-refractivity contribution in [2.75, 3.05) is 7.05 Å². The van der Waals surface area contributed by atoms with Crippen molar-refractivity contribution in [2.45, 2.75) is 57.7 Å². The van der Waals surface area contributed by atoms with Crippen molar-refractivity contribution in [1.29, 1.82) is 0 Å². The van der Waals surface area contributed by atoms with E-state index in [1.54, 1.807) is 0 Å². The number of nitrogens with one attached hydrogen (secondary N) is 1. The van der Waals surface area contributed by atoms with Gasteiger partial charge in [0.05, 0.1) is 22.9 Å². The molecule has 166 valence electrons. The van der Waals surface area contributed by atoms with Crippen LogP contribution in [0.15, 0.2) is 63.7 Å². The van der Waals surface area contributed by atoms with Crippen molar-refractivity contribution in [3.05, 3.63) is 64.8 Å². The summed E-state index contributed by atoms with van der Waals surface area (Å²) in [5.74, 6) is 0.0693. The second kappa shape index (κ2) is 6.89. The molecule has 3 aliphatic heterocycles. The number of benzene rings is 1. The maximum absolute atomic E-state index is 13.9. The minimum Gasteiger partial charge on any atom is -0.362 e. The Balaban J connectivity index is 1.76. The second-order valence-corrected chi connectivity index (χ2v) is 9.71. The topological polar surface area (TPSA) is 74.9 Å².